The third kappa shape index (κ3) is 5.32. The lowest BCUT2D eigenvalue weighted by atomic mass is 9.49. The van der Waals surface area contributed by atoms with Crippen LogP contribution in [0.25, 0.3) is 0 Å². The Labute approximate surface area is 330 Å². The molecule has 1 N–H and O–H groups in total. The zero-order chi connectivity index (χ0) is 40.7. The lowest BCUT2D eigenvalue weighted by Crippen LogP contribution is -2.53. The minimum atomic E-state index is -1.67. The van der Waals surface area contributed by atoms with Gasteiger partial charge in [0.1, 0.15) is 0 Å². The highest BCUT2D eigenvalue weighted by atomic mass is 35.5. The van der Waals surface area contributed by atoms with Crippen molar-refractivity contribution < 1.29 is 38.9 Å². The average Bonchev–Trinajstić information content (AvgIpc) is 3.58. The molecule has 0 unspecified atom stereocenters. The number of fused-ring (bicyclic) bond motifs is 4. The van der Waals surface area contributed by atoms with Crippen LogP contribution in [0.4, 0.5) is 28.4 Å². The molecule has 0 bridgehead atoms. The van der Waals surface area contributed by atoms with Crippen molar-refractivity contribution in [1.29, 1.82) is 0 Å². The van der Waals surface area contributed by atoms with Crippen LogP contribution >= 0.6 is 11.6 Å². The highest BCUT2D eigenvalue weighted by Crippen LogP contribution is 2.66. The molecule has 3 fully saturated rings. The second kappa shape index (κ2) is 13.5. The van der Waals surface area contributed by atoms with Crippen molar-refractivity contribution in [2.75, 3.05) is 35.9 Å². The van der Waals surface area contributed by atoms with Gasteiger partial charge in [0, 0.05) is 42.7 Å². The van der Waals surface area contributed by atoms with Gasteiger partial charge in [0.15, 0.2) is 17.2 Å². The van der Waals surface area contributed by atoms with Crippen LogP contribution in [0.15, 0.2) is 96.6 Å². The maximum Gasteiger partial charge on any atom is 0.301 e. The number of halogens is 1. The number of imide groups is 2. The van der Waals surface area contributed by atoms with E-state index < -0.39 is 79.9 Å². The summed E-state index contributed by atoms with van der Waals surface area (Å²) in [5.74, 6) is -7.98. The van der Waals surface area contributed by atoms with Crippen LogP contribution < -0.4 is 19.4 Å². The van der Waals surface area contributed by atoms with Crippen molar-refractivity contribution in [2.45, 2.75) is 24.2 Å². The number of rotatable bonds is 8. The van der Waals surface area contributed by atoms with Crippen LogP contribution in [0.3, 0.4) is 0 Å². The van der Waals surface area contributed by atoms with Gasteiger partial charge in [-0.1, -0.05) is 71.8 Å². The summed E-state index contributed by atoms with van der Waals surface area (Å²) in [7, 11) is 4.19. The number of nitrogens with zero attached hydrogens (tertiary/aromatic N) is 5. The van der Waals surface area contributed by atoms with E-state index in [1.807, 2.05) is 0 Å². The number of nitro benzene ring substituents is 2. The van der Waals surface area contributed by atoms with E-state index in [0.29, 0.717) is 11.1 Å². The molecule has 290 valence electrons. The van der Waals surface area contributed by atoms with E-state index in [1.54, 1.807) is 72.8 Å². The Balaban J connectivity index is 1.34. The lowest BCUT2D eigenvalue weighted by molar-refractivity contribution is -0.392. The Kier molecular flexibility index (Phi) is 8.87. The molecule has 57 heavy (non-hydrogen) atoms. The zero-order valence-electron chi connectivity index (χ0n) is 30.7. The summed E-state index contributed by atoms with van der Waals surface area (Å²) in [6, 6.07) is 21.9. The van der Waals surface area contributed by atoms with Gasteiger partial charge in [0.05, 0.1) is 51.5 Å². The summed E-state index contributed by atoms with van der Waals surface area (Å²) in [5, 5.41) is 36.6. The molecule has 6 atom stereocenters. The molecule has 4 aromatic carbocycles. The van der Waals surface area contributed by atoms with Gasteiger partial charge in [-0.3, -0.25) is 39.4 Å². The fourth-order valence-electron chi connectivity index (χ4n) is 9.74. The highest BCUT2D eigenvalue weighted by molar-refractivity contribution is 6.32. The third-order valence-corrected chi connectivity index (χ3v) is 12.1. The number of hydrogen-bond donors (Lipinski definition) is 1. The number of phenols is 1. The van der Waals surface area contributed by atoms with Gasteiger partial charge in [-0.2, -0.15) is 0 Å². The molecule has 0 spiro atoms. The van der Waals surface area contributed by atoms with E-state index in [9.17, 15) is 39.7 Å². The van der Waals surface area contributed by atoms with E-state index >= 15 is 4.79 Å². The molecular weight excluding hydrogens is 758 g/mol. The summed E-state index contributed by atoms with van der Waals surface area (Å²) >= 11 is 6.38. The van der Waals surface area contributed by atoms with E-state index in [1.165, 1.54) is 32.2 Å². The van der Waals surface area contributed by atoms with Gasteiger partial charge in [-0.15, -0.1) is 0 Å². The molecule has 4 aromatic rings. The number of amides is 4. The number of nitro groups is 2. The number of allylic oxidation sites excluding steroid dienone is 2. The Morgan fingerprint density at radius 2 is 1.49 bits per heavy atom. The van der Waals surface area contributed by atoms with E-state index in [2.05, 4.69) is 0 Å². The SMILES string of the molecule is COc1cccc([C@H]2C3=CC[C@@H]4C(=O)N(c5cc([N+](=O)[O-])c(N(C)C)c([N+](=O)[O-])c5)C(=O)[C@@H]4[C@@H]3C[C@H]3C(=O)N(c4cccc(Cl)c4)C(=O)[C@@]23c2ccccc2)c1O. The normalized spacial score (nSPS) is 25.1. The number of anilines is 3. The standard InChI is InChI=1S/C41H34ClN5O10/c1-43(2)35-30(46(53)54)18-24(19-31(35)47(55)56)44-37(49)26-16-15-25-28(33(26)39(44)51)20-29-38(50)45(23-12-7-11-22(42)17-23)40(52)41(29,21-9-5-4-6-10-21)34(25)27-13-8-14-32(57-3)36(27)48/h4-15,17-19,26,28-29,33-34,48H,16,20H2,1-3H3/t26-,28+,29-,33-,34+,41+/m0/s1. The van der Waals surface area contributed by atoms with Crippen molar-refractivity contribution in [3.8, 4) is 11.5 Å². The van der Waals surface area contributed by atoms with Crippen LogP contribution in [0.5, 0.6) is 11.5 Å². The molecule has 1 saturated carbocycles. The average molecular weight is 792 g/mol. The van der Waals surface area contributed by atoms with E-state index in [4.69, 9.17) is 16.3 Å². The molecule has 2 saturated heterocycles. The summed E-state index contributed by atoms with van der Waals surface area (Å²) in [6.07, 6.45) is 1.71. The summed E-state index contributed by atoms with van der Waals surface area (Å²) in [5.41, 5.74) is -2.15. The maximum atomic E-state index is 15.4. The minimum Gasteiger partial charge on any atom is -0.504 e. The van der Waals surface area contributed by atoms with E-state index in [0.717, 1.165) is 21.9 Å². The fraction of sp³-hybridized carbons (Fsp3) is 0.268. The van der Waals surface area contributed by atoms with Crippen LogP contribution in [0.2, 0.25) is 5.02 Å². The Morgan fingerprint density at radius 1 is 0.825 bits per heavy atom. The van der Waals surface area contributed by atoms with Crippen molar-refractivity contribution in [3.05, 3.63) is 133 Å². The first-order valence-corrected chi connectivity index (χ1v) is 18.4. The van der Waals surface area contributed by atoms with Crippen molar-refractivity contribution in [2.24, 2.45) is 23.7 Å². The largest absolute Gasteiger partial charge is 0.504 e. The number of aromatic hydroxyl groups is 1. The van der Waals surface area contributed by atoms with Crippen LogP contribution in [0, 0.1) is 43.9 Å². The molecule has 2 aliphatic carbocycles. The molecule has 4 aliphatic rings. The number of phenolic OH excluding ortho intramolecular Hbond substituents is 1. The molecule has 0 aromatic heterocycles. The quantitative estimate of drug-likeness (QED) is 0.0911. The first-order chi connectivity index (χ1) is 27.2. The Hall–Kier alpha value is -6.61. The number of para-hydroxylation sites is 1. The van der Waals surface area contributed by atoms with E-state index in [-0.39, 0.29) is 52.0 Å². The molecule has 2 aliphatic heterocycles. The number of carbonyl (C=O) groups excluding carboxylic acids is 4. The minimum absolute atomic E-state index is 0.00550. The Morgan fingerprint density at radius 3 is 2.11 bits per heavy atom. The number of carbonyl (C=O) groups is 4. The topological polar surface area (TPSA) is 194 Å². The van der Waals surface area contributed by atoms with Crippen molar-refractivity contribution >= 4 is 63.7 Å². The highest BCUT2D eigenvalue weighted by Gasteiger charge is 2.70. The molecule has 15 nitrogen and oxygen atoms in total. The van der Waals surface area contributed by atoms with Gasteiger partial charge in [0.25, 0.3) is 0 Å². The number of methoxy groups -OCH3 is 1. The molecule has 0 radical (unpaired) electrons. The van der Waals surface area contributed by atoms with Gasteiger partial charge >= 0.3 is 11.4 Å². The third-order valence-electron chi connectivity index (χ3n) is 11.9. The van der Waals surface area contributed by atoms with Gasteiger partial charge in [0.2, 0.25) is 23.6 Å². The Bertz CT molecular complexity index is 2440. The number of ether oxygens (including phenoxy) is 1. The predicted octanol–water partition coefficient (Wildman–Crippen LogP) is 6.30. The summed E-state index contributed by atoms with van der Waals surface area (Å²) < 4.78 is 5.50. The molecular formula is C41H34ClN5O10. The number of hydrogen-bond acceptors (Lipinski definition) is 11. The van der Waals surface area contributed by atoms with Gasteiger partial charge < -0.3 is 14.7 Å². The van der Waals surface area contributed by atoms with Crippen molar-refractivity contribution in [1.82, 2.24) is 0 Å². The number of benzene rings is 4. The second-order valence-corrected chi connectivity index (χ2v) is 15.2. The van der Waals surface area contributed by atoms with Crippen molar-refractivity contribution in [3.63, 3.8) is 0 Å². The zero-order valence-corrected chi connectivity index (χ0v) is 31.5. The molecule has 8 rings (SSSR count). The second-order valence-electron chi connectivity index (χ2n) is 14.7. The molecule has 2 heterocycles. The first kappa shape index (κ1) is 37.3. The van der Waals surface area contributed by atoms with Crippen LogP contribution in [-0.4, -0.2) is 59.8 Å². The lowest BCUT2D eigenvalue weighted by Gasteiger charge is -2.50. The van der Waals surface area contributed by atoms with Gasteiger partial charge in [-0.05, 0) is 48.6 Å². The first-order valence-electron chi connectivity index (χ1n) is 18.0. The molecule has 16 heteroatoms. The smallest absolute Gasteiger partial charge is 0.301 e. The van der Waals surface area contributed by atoms with Crippen LogP contribution in [-0.2, 0) is 24.6 Å². The monoisotopic (exact) mass is 791 g/mol. The summed E-state index contributed by atoms with van der Waals surface area (Å²) in [4.78, 5) is 85.4. The van der Waals surface area contributed by atoms with Crippen LogP contribution in [0.1, 0.15) is 29.9 Å². The maximum absolute atomic E-state index is 15.4. The molecule has 4 amide bonds. The summed E-state index contributed by atoms with van der Waals surface area (Å²) in [6.45, 7) is 0. The fourth-order valence-corrected chi connectivity index (χ4v) is 9.92. The predicted molar refractivity (Wildman–Crippen MR) is 207 cm³/mol. The van der Waals surface area contributed by atoms with Gasteiger partial charge in [-0.25, -0.2) is 9.80 Å².